The molecule has 1 atom stereocenters. The van der Waals surface area contributed by atoms with Gasteiger partial charge in [-0.25, -0.2) is 0 Å². The first kappa shape index (κ1) is 15.0. The Balaban J connectivity index is 2.84. The summed E-state index contributed by atoms with van der Waals surface area (Å²) >= 11 is 0. The minimum atomic E-state index is 0.478. The summed E-state index contributed by atoms with van der Waals surface area (Å²) in [7, 11) is 0. The quantitative estimate of drug-likeness (QED) is 0.420. The van der Waals surface area contributed by atoms with Gasteiger partial charge in [0.1, 0.15) is 0 Å². The summed E-state index contributed by atoms with van der Waals surface area (Å²) in [5.41, 5.74) is 5.75. The van der Waals surface area contributed by atoms with Crippen molar-refractivity contribution in [1.29, 1.82) is 0 Å². The van der Waals surface area contributed by atoms with Crippen molar-refractivity contribution in [2.45, 2.75) is 65.7 Å². The van der Waals surface area contributed by atoms with Gasteiger partial charge in [0.2, 0.25) is 0 Å². The molecule has 0 aromatic heterocycles. The van der Waals surface area contributed by atoms with Crippen LogP contribution in [0.15, 0.2) is 30.4 Å². The third kappa shape index (κ3) is 4.01. The Kier molecular flexibility index (Phi) is 6.18. The van der Waals surface area contributed by atoms with E-state index in [4.69, 9.17) is 0 Å². The molecular weight excluding hydrogens is 216 g/mol. The van der Waals surface area contributed by atoms with E-state index in [2.05, 4.69) is 52.5 Å². The van der Waals surface area contributed by atoms with Crippen LogP contribution in [0.25, 0.3) is 0 Å². The van der Waals surface area contributed by atoms with Crippen molar-refractivity contribution < 1.29 is 0 Å². The van der Waals surface area contributed by atoms with Crippen molar-refractivity contribution in [2.75, 3.05) is 0 Å². The Bertz CT molecular complexity index is 387. The lowest BCUT2D eigenvalue weighted by Gasteiger charge is -2.18. The maximum absolute atomic E-state index is 4.11. The highest BCUT2D eigenvalue weighted by Crippen LogP contribution is 2.28. The molecule has 1 unspecified atom stereocenters. The van der Waals surface area contributed by atoms with Crippen LogP contribution in [0.5, 0.6) is 0 Å². The molecule has 0 spiro atoms. The Morgan fingerprint density at radius 2 is 1.94 bits per heavy atom. The standard InChI is InChI=1S/C18H28/c1-6-7-8-9-12-17-15(4)11-10-13-18(17)16(5)14(2)3/h10-11,13,16H,2,6-9,12H2,1,3-5H3. The molecule has 0 saturated heterocycles. The van der Waals surface area contributed by atoms with Gasteiger partial charge < -0.3 is 0 Å². The molecule has 0 radical (unpaired) electrons. The molecule has 1 rings (SSSR count). The summed E-state index contributed by atoms with van der Waals surface area (Å²) in [6.45, 7) is 13.0. The maximum Gasteiger partial charge on any atom is 0.00171 e. The molecule has 0 aliphatic carbocycles. The van der Waals surface area contributed by atoms with Crippen LogP contribution in [0.3, 0.4) is 0 Å². The first-order valence-electron chi connectivity index (χ1n) is 7.31. The van der Waals surface area contributed by atoms with E-state index in [-0.39, 0.29) is 0 Å². The fourth-order valence-electron chi connectivity index (χ4n) is 2.47. The summed E-state index contributed by atoms with van der Waals surface area (Å²) < 4.78 is 0. The van der Waals surface area contributed by atoms with Gasteiger partial charge in [-0.3, -0.25) is 0 Å². The fraction of sp³-hybridized carbons (Fsp3) is 0.556. The largest absolute Gasteiger partial charge is 0.0995 e. The van der Waals surface area contributed by atoms with Crippen LogP contribution in [-0.2, 0) is 6.42 Å². The Labute approximate surface area is 113 Å². The Hall–Kier alpha value is -1.04. The van der Waals surface area contributed by atoms with Crippen molar-refractivity contribution in [3.8, 4) is 0 Å². The number of rotatable bonds is 7. The maximum atomic E-state index is 4.11. The Morgan fingerprint density at radius 1 is 1.22 bits per heavy atom. The minimum Gasteiger partial charge on any atom is -0.0995 e. The summed E-state index contributed by atoms with van der Waals surface area (Å²) in [5, 5.41) is 0. The lowest BCUT2D eigenvalue weighted by atomic mass is 9.86. The van der Waals surface area contributed by atoms with Crippen molar-refractivity contribution in [1.82, 2.24) is 0 Å². The lowest BCUT2D eigenvalue weighted by Crippen LogP contribution is -2.02. The zero-order valence-corrected chi connectivity index (χ0v) is 12.6. The molecule has 18 heavy (non-hydrogen) atoms. The SMILES string of the molecule is C=C(C)C(C)c1cccc(C)c1CCCCCC. The van der Waals surface area contributed by atoms with Gasteiger partial charge in [-0.1, -0.05) is 63.5 Å². The monoisotopic (exact) mass is 244 g/mol. The highest BCUT2D eigenvalue weighted by Gasteiger charge is 2.12. The van der Waals surface area contributed by atoms with Crippen LogP contribution in [0, 0.1) is 6.92 Å². The van der Waals surface area contributed by atoms with Crippen LogP contribution in [0.1, 0.15) is 69.1 Å². The highest BCUT2D eigenvalue weighted by molar-refractivity contribution is 5.39. The summed E-state index contributed by atoms with van der Waals surface area (Å²) in [4.78, 5) is 0. The zero-order chi connectivity index (χ0) is 13.5. The summed E-state index contributed by atoms with van der Waals surface area (Å²) in [6.07, 6.45) is 6.56. The molecular formula is C18H28. The van der Waals surface area contributed by atoms with Crippen molar-refractivity contribution >= 4 is 0 Å². The van der Waals surface area contributed by atoms with Gasteiger partial charge in [-0.2, -0.15) is 0 Å². The topological polar surface area (TPSA) is 0 Å². The average molecular weight is 244 g/mol. The van der Waals surface area contributed by atoms with Gasteiger partial charge in [0.05, 0.1) is 0 Å². The second-order valence-corrected chi connectivity index (χ2v) is 5.52. The van der Waals surface area contributed by atoms with Gasteiger partial charge in [0.15, 0.2) is 0 Å². The van der Waals surface area contributed by atoms with Gasteiger partial charge in [-0.15, -0.1) is 0 Å². The highest BCUT2D eigenvalue weighted by atomic mass is 14.2. The van der Waals surface area contributed by atoms with Crippen LogP contribution in [-0.4, -0.2) is 0 Å². The molecule has 0 fully saturated rings. The van der Waals surface area contributed by atoms with E-state index < -0.39 is 0 Å². The first-order chi connectivity index (χ1) is 8.57. The van der Waals surface area contributed by atoms with Gasteiger partial charge in [0, 0.05) is 5.92 Å². The van der Waals surface area contributed by atoms with E-state index in [1.54, 1.807) is 5.56 Å². The minimum absolute atomic E-state index is 0.478. The van der Waals surface area contributed by atoms with Crippen LogP contribution in [0.4, 0.5) is 0 Å². The molecule has 1 aromatic carbocycles. The van der Waals surface area contributed by atoms with E-state index in [9.17, 15) is 0 Å². The fourth-order valence-corrected chi connectivity index (χ4v) is 2.47. The van der Waals surface area contributed by atoms with E-state index in [0.717, 1.165) is 0 Å². The van der Waals surface area contributed by atoms with Crippen molar-refractivity contribution in [3.05, 3.63) is 47.0 Å². The van der Waals surface area contributed by atoms with Gasteiger partial charge in [-0.05, 0) is 43.4 Å². The molecule has 0 N–H and O–H groups in total. The van der Waals surface area contributed by atoms with Crippen LogP contribution < -0.4 is 0 Å². The average Bonchev–Trinajstić information content (AvgIpc) is 2.35. The molecule has 0 nitrogen and oxygen atoms in total. The second-order valence-electron chi connectivity index (χ2n) is 5.52. The summed E-state index contributed by atoms with van der Waals surface area (Å²) in [5.74, 6) is 0.478. The number of benzene rings is 1. The predicted molar refractivity (Wildman–Crippen MR) is 82.3 cm³/mol. The molecule has 0 aliphatic rings. The molecule has 100 valence electrons. The predicted octanol–water partition coefficient (Wildman–Crippen LogP) is 5.80. The van der Waals surface area contributed by atoms with Crippen molar-refractivity contribution in [3.63, 3.8) is 0 Å². The third-order valence-electron chi connectivity index (χ3n) is 3.93. The first-order valence-corrected chi connectivity index (χ1v) is 7.31. The summed E-state index contributed by atoms with van der Waals surface area (Å²) in [6, 6.07) is 6.70. The van der Waals surface area contributed by atoms with Gasteiger partial charge >= 0.3 is 0 Å². The number of hydrogen-bond donors (Lipinski definition) is 0. The van der Waals surface area contributed by atoms with E-state index >= 15 is 0 Å². The molecule has 0 bridgehead atoms. The molecule has 0 saturated carbocycles. The van der Waals surface area contributed by atoms with Crippen molar-refractivity contribution in [2.24, 2.45) is 0 Å². The van der Waals surface area contributed by atoms with E-state index in [1.807, 2.05) is 0 Å². The number of allylic oxidation sites excluding steroid dienone is 1. The van der Waals surface area contributed by atoms with Crippen LogP contribution in [0.2, 0.25) is 0 Å². The molecule has 0 heterocycles. The van der Waals surface area contributed by atoms with Gasteiger partial charge in [0.25, 0.3) is 0 Å². The molecule has 0 amide bonds. The number of unbranched alkanes of at least 4 members (excludes halogenated alkanes) is 3. The van der Waals surface area contributed by atoms with E-state index in [0.29, 0.717) is 5.92 Å². The number of hydrogen-bond acceptors (Lipinski definition) is 0. The molecule has 1 aromatic rings. The zero-order valence-electron chi connectivity index (χ0n) is 12.6. The molecule has 0 heteroatoms. The second kappa shape index (κ2) is 7.41. The smallest absolute Gasteiger partial charge is 0.00171 e. The molecule has 0 aliphatic heterocycles. The Morgan fingerprint density at radius 3 is 2.56 bits per heavy atom. The third-order valence-corrected chi connectivity index (χ3v) is 3.93. The number of aryl methyl sites for hydroxylation is 1. The normalized spacial score (nSPS) is 12.4. The van der Waals surface area contributed by atoms with E-state index in [1.165, 1.54) is 48.8 Å². The lowest BCUT2D eigenvalue weighted by molar-refractivity contribution is 0.661. The van der Waals surface area contributed by atoms with Crippen LogP contribution >= 0.6 is 0 Å².